The predicted octanol–water partition coefficient (Wildman–Crippen LogP) is 14.2. The van der Waals surface area contributed by atoms with Gasteiger partial charge >= 0.3 is 0 Å². The van der Waals surface area contributed by atoms with E-state index in [0.717, 1.165) is 61.3 Å². The van der Waals surface area contributed by atoms with Crippen LogP contribution < -0.4 is 0 Å². The van der Waals surface area contributed by atoms with E-state index in [1.165, 1.54) is 36.3 Å². The minimum atomic E-state index is 0.603. The molecule has 280 valence electrons. The van der Waals surface area contributed by atoms with Crippen LogP contribution in [0.5, 0.6) is 0 Å². The van der Waals surface area contributed by atoms with E-state index < -0.39 is 0 Å². The van der Waals surface area contributed by atoms with Gasteiger partial charge in [0.05, 0.1) is 22.2 Å². The molecule has 4 aromatic heterocycles. The summed E-state index contributed by atoms with van der Waals surface area (Å²) in [5, 5.41) is 6.03. The zero-order chi connectivity index (χ0) is 39.6. The molecular formula is C54H33N5S. The third-order valence-corrected chi connectivity index (χ3v) is 12.6. The van der Waals surface area contributed by atoms with Crippen LogP contribution in [0.15, 0.2) is 200 Å². The molecule has 0 atom stereocenters. The lowest BCUT2D eigenvalue weighted by Crippen LogP contribution is -2.01. The summed E-state index contributed by atoms with van der Waals surface area (Å²) in [5.41, 5.74) is 11.3. The van der Waals surface area contributed by atoms with Crippen LogP contribution in [0.25, 0.3) is 115 Å². The quantitative estimate of drug-likeness (QED) is 0.169. The standard InChI is InChI=1S/C54H33N5S/c1-2-14-34(15-3-1)37-16-12-17-38(32-37)53-56-52(57-54(58-53)39-18-13-19-40(33-39)59-46-25-9-5-20-41(46)42-21-6-10-26-47(42)59)36-30-28-35(29-31-36)50-49-44-23-7-11-27-48(44)60-51(49)43-22-4-8-24-45(43)55-50/h1-33H. The highest BCUT2D eigenvalue weighted by atomic mass is 32.1. The zero-order valence-corrected chi connectivity index (χ0v) is 33.0. The normalized spacial score (nSPS) is 11.7. The molecule has 0 radical (unpaired) electrons. The lowest BCUT2D eigenvalue weighted by molar-refractivity contribution is 1.07. The van der Waals surface area contributed by atoms with Crippen molar-refractivity contribution in [3.05, 3.63) is 200 Å². The Balaban J connectivity index is 1.02. The van der Waals surface area contributed by atoms with Crippen LogP contribution >= 0.6 is 11.3 Å². The van der Waals surface area contributed by atoms with Crippen molar-refractivity contribution in [3.8, 4) is 62.2 Å². The van der Waals surface area contributed by atoms with Crippen molar-refractivity contribution in [2.24, 2.45) is 0 Å². The van der Waals surface area contributed by atoms with E-state index in [1.54, 1.807) is 0 Å². The van der Waals surface area contributed by atoms with E-state index in [9.17, 15) is 0 Å². The maximum atomic E-state index is 5.27. The Morgan fingerprint density at radius 3 is 1.62 bits per heavy atom. The van der Waals surface area contributed by atoms with Crippen molar-refractivity contribution in [1.82, 2.24) is 24.5 Å². The van der Waals surface area contributed by atoms with E-state index in [2.05, 4.69) is 199 Å². The fourth-order valence-corrected chi connectivity index (χ4v) is 9.85. The summed E-state index contributed by atoms with van der Waals surface area (Å²) in [4.78, 5) is 20.8. The summed E-state index contributed by atoms with van der Waals surface area (Å²) in [6.45, 7) is 0. The van der Waals surface area contributed by atoms with Crippen molar-refractivity contribution in [2.75, 3.05) is 0 Å². The van der Waals surface area contributed by atoms with Crippen molar-refractivity contribution >= 4 is 64.2 Å². The van der Waals surface area contributed by atoms with Crippen LogP contribution in [0.1, 0.15) is 0 Å². The van der Waals surface area contributed by atoms with Crippen LogP contribution in [-0.2, 0) is 0 Å². The second-order valence-corrected chi connectivity index (χ2v) is 16.1. The molecule has 0 saturated carbocycles. The highest BCUT2D eigenvalue weighted by Gasteiger charge is 2.19. The van der Waals surface area contributed by atoms with Gasteiger partial charge in [0.15, 0.2) is 17.5 Å². The molecule has 0 saturated heterocycles. The second-order valence-electron chi connectivity index (χ2n) is 15.0. The molecule has 0 aliphatic carbocycles. The summed E-state index contributed by atoms with van der Waals surface area (Å²) in [7, 11) is 0. The molecule has 0 unspecified atom stereocenters. The molecule has 0 amide bonds. The molecule has 0 aliphatic heterocycles. The lowest BCUT2D eigenvalue weighted by atomic mass is 10.0. The van der Waals surface area contributed by atoms with Gasteiger partial charge < -0.3 is 4.57 Å². The van der Waals surface area contributed by atoms with Crippen LogP contribution in [0.3, 0.4) is 0 Å². The van der Waals surface area contributed by atoms with Gasteiger partial charge in [0.25, 0.3) is 0 Å². The zero-order valence-electron chi connectivity index (χ0n) is 32.2. The molecule has 12 rings (SSSR count). The first kappa shape index (κ1) is 34.3. The van der Waals surface area contributed by atoms with Crippen molar-refractivity contribution in [3.63, 3.8) is 0 Å². The highest BCUT2D eigenvalue weighted by Crippen LogP contribution is 2.43. The van der Waals surface area contributed by atoms with Gasteiger partial charge in [-0.3, -0.25) is 0 Å². The minimum absolute atomic E-state index is 0.603. The molecule has 0 spiro atoms. The fourth-order valence-electron chi connectivity index (χ4n) is 8.61. The predicted molar refractivity (Wildman–Crippen MR) is 250 cm³/mol. The Bertz CT molecular complexity index is 3550. The Labute approximate surface area is 349 Å². The topological polar surface area (TPSA) is 56.5 Å². The van der Waals surface area contributed by atoms with Gasteiger partial charge in [-0.2, -0.15) is 0 Å². The number of hydrogen-bond acceptors (Lipinski definition) is 5. The molecule has 0 aliphatic rings. The summed E-state index contributed by atoms with van der Waals surface area (Å²) in [6.07, 6.45) is 0. The van der Waals surface area contributed by atoms with E-state index in [-0.39, 0.29) is 0 Å². The Kier molecular flexibility index (Phi) is 7.96. The Hall–Kier alpha value is -7.80. The molecule has 60 heavy (non-hydrogen) atoms. The molecule has 0 N–H and O–H groups in total. The lowest BCUT2D eigenvalue weighted by Gasteiger charge is -2.12. The van der Waals surface area contributed by atoms with Gasteiger partial charge in [-0.25, -0.2) is 19.9 Å². The summed E-state index contributed by atoms with van der Waals surface area (Å²) < 4.78 is 4.84. The molecule has 6 heteroatoms. The number of para-hydroxylation sites is 3. The molecule has 12 aromatic rings. The molecule has 0 fully saturated rings. The van der Waals surface area contributed by atoms with Gasteiger partial charge in [0.2, 0.25) is 0 Å². The number of fused-ring (bicyclic) bond motifs is 8. The molecule has 4 heterocycles. The second kappa shape index (κ2) is 13.9. The summed E-state index contributed by atoms with van der Waals surface area (Å²) >= 11 is 1.83. The van der Waals surface area contributed by atoms with Crippen LogP contribution in [0.2, 0.25) is 0 Å². The van der Waals surface area contributed by atoms with E-state index >= 15 is 0 Å². The third kappa shape index (κ3) is 5.69. The molecule has 8 aromatic carbocycles. The number of hydrogen-bond donors (Lipinski definition) is 0. The van der Waals surface area contributed by atoms with E-state index in [0.29, 0.717) is 17.5 Å². The average Bonchev–Trinajstić information content (AvgIpc) is 3.89. The van der Waals surface area contributed by atoms with Gasteiger partial charge in [0, 0.05) is 64.3 Å². The average molecular weight is 784 g/mol. The first-order valence-corrected chi connectivity index (χ1v) is 20.9. The number of thiophene rings is 1. The summed E-state index contributed by atoms with van der Waals surface area (Å²) in [6, 6.07) is 70.2. The van der Waals surface area contributed by atoms with Crippen LogP contribution in [-0.4, -0.2) is 24.5 Å². The number of aromatic nitrogens is 5. The largest absolute Gasteiger partial charge is 0.309 e. The van der Waals surface area contributed by atoms with Crippen molar-refractivity contribution < 1.29 is 0 Å². The molecule has 5 nitrogen and oxygen atoms in total. The molecular weight excluding hydrogens is 751 g/mol. The van der Waals surface area contributed by atoms with Crippen LogP contribution in [0.4, 0.5) is 0 Å². The van der Waals surface area contributed by atoms with Gasteiger partial charge in [-0.15, -0.1) is 11.3 Å². The monoisotopic (exact) mass is 783 g/mol. The highest BCUT2D eigenvalue weighted by molar-refractivity contribution is 7.26. The summed E-state index contributed by atoms with van der Waals surface area (Å²) in [5.74, 6) is 1.82. The number of nitrogens with zero attached hydrogens (tertiary/aromatic N) is 5. The number of pyridine rings is 1. The first-order valence-electron chi connectivity index (χ1n) is 20.1. The Morgan fingerprint density at radius 1 is 0.350 bits per heavy atom. The Morgan fingerprint density at radius 2 is 0.883 bits per heavy atom. The van der Waals surface area contributed by atoms with Gasteiger partial charge in [-0.05, 0) is 53.6 Å². The third-order valence-electron chi connectivity index (χ3n) is 11.4. The smallest absolute Gasteiger partial charge is 0.164 e. The first-order chi connectivity index (χ1) is 29.7. The number of benzene rings is 8. The van der Waals surface area contributed by atoms with Crippen LogP contribution in [0, 0.1) is 0 Å². The maximum absolute atomic E-state index is 5.27. The van der Waals surface area contributed by atoms with Gasteiger partial charge in [-0.1, -0.05) is 158 Å². The maximum Gasteiger partial charge on any atom is 0.164 e. The SMILES string of the molecule is c1ccc(-c2cccc(-c3nc(-c4ccc(-c5nc6ccccc6c6sc7ccccc7c56)cc4)nc(-c4cccc(-n5c6ccccc6c6ccccc65)c4)n3)c2)cc1. The van der Waals surface area contributed by atoms with Crippen molar-refractivity contribution in [1.29, 1.82) is 0 Å². The van der Waals surface area contributed by atoms with Gasteiger partial charge in [0.1, 0.15) is 0 Å². The molecule has 0 bridgehead atoms. The van der Waals surface area contributed by atoms with E-state index in [1.807, 2.05) is 17.4 Å². The number of rotatable bonds is 6. The van der Waals surface area contributed by atoms with Crippen molar-refractivity contribution in [2.45, 2.75) is 0 Å². The van der Waals surface area contributed by atoms with E-state index in [4.69, 9.17) is 19.9 Å². The minimum Gasteiger partial charge on any atom is -0.309 e. The fraction of sp³-hybridized carbons (Fsp3) is 0.